The number of aliphatic imine (C=N–C) groups is 2. The van der Waals surface area contributed by atoms with Gasteiger partial charge < -0.3 is 4.74 Å². The maximum Gasteiger partial charge on any atom is 0.304 e. The van der Waals surface area contributed by atoms with Gasteiger partial charge in [-0.2, -0.15) is 4.39 Å². The molecule has 1 heterocycles. The van der Waals surface area contributed by atoms with Crippen LogP contribution >= 0.6 is 0 Å². The predicted molar refractivity (Wildman–Crippen MR) is 72.9 cm³/mol. The third-order valence-corrected chi connectivity index (χ3v) is 2.91. The smallest absolute Gasteiger partial charge is 0.304 e. The molecule has 0 radical (unpaired) electrons. The summed E-state index contributed by atoms with van der Waals surface area (Å²) in [6.45, 7) is 6.50. The Bertz CT molecular complexity index is 363. The molecule has 0 aliphatic carbocycles. The number of allylic oxidation sites excluding steroid dienone is 2. The fraction of sp³-hybridized carbons (Fsp3) is 0.692. The van der Waals surface area contributed by atoms with E-state index in [4.69, 9.17) is 4.74 Å². The Morgan fingerprint density at radius 3 is 3.00 bits per heavy atom. The van der Waals surface area contributed by atoms with Crippen molar-refractivity contribution in [2.24, 2.45) is 9.98 Å². The van der Waals surface area contributed by atoms with Gasteiger partial charge in [0.2, 0.25) is 0 Å². The highest BCUT2D eigenvalue weighted by Gasteiger charge is 2.19. The molecule has 1 aliphatic rings. The van der Waals surface area contributed by atoms with Crippen molar-refractivity contribution >= 4 is 11.8 Å². The highest BCUT2D eigenvalue weighted by Crippen LogP contribution is 2.14. The standard InChI is InChI=1S/C13H22FN3O/c1-5-6-9(2)12-7-11(16-13(14)17-12)8-15-10(3)18-4/h6,10-11,15H,5,7-8H2,1-4H3/b9-6-. The Labute approximate surface area is 108 Å². The summed E-state index contributed by atoms with van der Waals surface area (Å²) in [4.78, 5) is 7.77. The van der Waals surface area contributed by atoms with Crippen LogP contribution in [0.2, 0.25) is 0 Å². The van der Waals surface area contributed by atoms with Crippen LogP contribution in [0.15, 0.2) is 21.6 Å². The zero-order chi connectivity index (χ0) is 13.5. The molecule has 5 heteroatoms. The van der Waals surface area contributed by atoms with Gasteiger partial charge in [-0.25, -0.2) is 9.98 Å². The molecule has 0 saturated carbocycles. The Morgan fingerprint density at radius 2 is 2.39 bits per heavy atom. The second kappa shape index (κ2) is 7.38. The molecular formula is C13H22FN3O. The lowest BCUT2D eigenvalue weighted by atomic mass is 10.0. The quantitative estimate of drug-likeness (QED) is 0.585. The molecule has 0 amide bonds. The van der Waals surface area contributed by atoms with E-state index in [1.165, 1.54) is 0 Å². The van der Waals surface area contributed by atoms with Gasteiger partial charge in [0.1, 0.15) is 6.23 Å². The van der Waals surface area contributed by atoms with E-state index < -0.39 is 6.09 Å². The molecule has 18 heavy (non-hydrogen) atoms. The summed E-state index contributed by atoms with van der Waals surface area (Å²) in [5.74, 6) is 0. The Hall–Kier alpha value is -1.07. The number of halogens is 1. The molecule has 0 aromatic heterocycles. The molecule has 4 nitrogen and oxygen atoms in total. The summed E-state index contributed by atoms with van der Waals surface area (Å²) < 4.78 is 18.5. The van der Waals surface area contributed by atoms with Crippen molar-refractivity contribution in [1.82, 2.24) is 5.32 Å². The lowest BCUT2D eigenvalue weighted by Crippen LogP contribution is -2.36. The van der Waals surface area contributed by atoms with E-state index in [0.29, 0.717) is 13.0 Å². The molecule has 0 saturated heterocycles. The van der Waals surface area contributed by atoms with Crippen LogP contribution in [-0.2, 0) is 4.74 Å². The van der Waals surface area contributed by atoms with Crippen LogP contribution in [0.5, 0.6) is 0 Å². The third kappa shape index (κ3) is 4.66. The summed E-state index contributed by atoms with van der Waals surface area (Å²) in [7, 11) is 1.63. The number of methoxy groups -OCH3 is 1. The molecule has 1 N–H and O–H groups in total. The van der Waals surface area contributed by atoms with E-state index in [1.54, 1.807) is 7.11 Å². The van der Waals surface area contributed by atoms with Crippen LogP contribution in [0.25, 0.3) is 0 Å². The van der Waals surface area contributed by atoms with Crippen LogP contribution in [0.3, 0.4) is 0 Å². The van der Waals surface area contributed by atoms with E-state index in [1.807, 2.05) is 13.8 Å². The van der Waals surface area contributed by atoms with Crippen molar-refractivity contribution < 1.29 is 9.13 Å². The maximum absolute atomic E-state index is 13.4. The summed E-state index contributed by atoms with van der Waals surface area (Å²) >= 11 is 0. The number of amidine groups is 1. The van der Waals surface area contributed by atoms with Crippen LogP contribution in [0, 0.1) is 0 Å². The van der Waals surface area contributed by atoms with Gasteiger partial charge in [-0.15, -0.1) is 0 Å². The number of hydrogen-bond donors (Lipinski definition) is 1. The first-order valence-electron chi connectivity index (χ1n) is 6.31. The van der Waals surface area contributed by atoms with E-state index in [2.05, 4.69) is 28.3 Å². The molecule has 0 fully saturated rings. The molecule has 0 aromatic rings. The van der Waals surface area contributed by atoms with Gasteiger partial charge in [0.15, 0.2) is 0 Å². The van der Waals surface area contributed by atoms with Crippen molar-refractivity contribution in [2.75, 3.05) is 13.7 Å². The highest BCUT2D eigenvalue weighted by molar-refractivity contribution is 6.06. The maximum atomic E-state index is 13.4. The lowest BCUT2D eigenvalue weighted by Gasteiger charge is -2.20. The zero-order valence-electron chi connectivity index (χ0n) is 11.5. The molecule has 1 rings (SSSR count). The Morgan fingerprint density at radius 1 is 1.67 bits per heavy atom. The van der Waals surface area contributed by atoms with Crippen molar-refractivity contribution in [2.45, 2.75) is 45.9 Å². The molecule has 0 aromatic carbocycles. The van der Waals surface area contributed by atoms with E-state index in [9.17, 15) is 4.39 Å². The molecule has 0 spiro atoms. The number of rotatable bonds is 6. The minimum atomic E-state index is -0.628. The first-order chi connectivity index (χ1) is 8.56. The minimum Gasteiger partial charge on any atom is -0.367 e. The van der Waals surface area contributed by atoms with Crippen molar-refractivity contribution in [3.8, 4) is 0 Å². The first-order valence-corrected chi connectivity index (χ1v) is 6.31. The third-order valence-electron chi connectivity index (χ3n) is 2.91. The lowest BCUT2D eigenvalue weighted by molar-refractivity contribution is 0.0883. The van der Waals surface area contributed by atoms with E-state index in [0.717, 1.165) is 17.7 Å². The van der Waals surface area contributed by atoms with Gasteiger partial charge in [-0.05, 0) is 25.8 Å². The van der Waals surface area contributed by atoms with E-state index in [-0.39, 0.29) is 12.3 Å². The van der Waals surface area contributed by atoms with Crippen LogP contribution in [0.1, 0.15) is 33.6 Å². The SMILES string of the molecule is CC/C=C(/C)C1=NC(F)=NC(CNC(C)OC)C1. The molecule has 2 atom stereocenters. The van der Waals surface area contributed by atoms with Gasteiger partial charge in [-0.1, -0.05) is 13.0 Å². The number of ether oxygens (including phenoxy) is 1. The monoisotopic (exact) mass is 255 g/mol. The first kappa shape index (κ1) is 15.0. The van der Waals surface area contributed by atoms with Gasteiger partial charge in [0.05, 0.1) is 11.8 Å². The van der Waals surface area contributed by atoms with Crippen LogP contribution in [-0.4, -0.2) is 37.7 Å². The van der Waals surface area contributed by atoms with Crippen LogP contribution < -0.4 is 5.32 Å². The summed E-state index contributed by atoms with van der Waals surface area (Å²) in [6, 6.07) is -0.115. The second-order valence-electron chi connectivity index (χ2n) is 4.40. The normalized spacial score (nSPS) is 22.5. The number of hydrogen-bond acceptors (Lipinski definition) is 4. The fourth-order valence-corrected chi connectivity index (χ4v) is 1.78. The van der Waals surface area contributed by atoms with Gasteiger partial charge in [0.25, 0.3) is 0 Å². The summed E-state index contributed by atoms with van der Waals surface area (Å²) in [5, 5.41) is 3.14. The van der Waals surface area contributed by atoms with Gasteiger partial charge in [0, 0.05) is 20.1 Å². The fourth-order valence-electron chi connectivity index (χ4n) is 1.78. The van der Waals surface area contributed by atoms with Gasteiger partial charge in [-0.3, -0.25) is 5.32 Å². The predicted octanol–water partition coefficient (Wildman–Crippen LogP) is 2.46. The zero-order valence-corrected chi connectivity index (χ0v) is 11.5. The highest BCUT2D eigenvalue weighted by atomic mass is 19.1. The molecule has 0 bridgehead atoms. The Kier molecular flexibility index (Phi) is 6.15. The second-order valence-corrected chi connectivity index (χ2v) is 4.40. The molecule has 102 valence electrons. The number of nitrogens with one attached hydrogen (secondary N) is 1. The van der Waals surface area contributed by atoms with Crippen LogP contribution in [0.4, 0.5) is 4.39 Å². The molecule has 2 unspecified atom stereocenters. The van der Waals surface area contributed by atoms with Crippen molar-refractivity contribution in [3.05, 3.63) is 11.6 Å². The number of nitrogens with zero attached hydrogens (tertiary/aromatic N) is 2. The average Bonchev–Trinajstić information content (AvgIpc) is 2.35. The average molecular weight is 255 g/mol. The Balaban J connectivity index is 2.61. The molecule has 1 aliphatic heterocycles. The van der Waals surface area contributed by atoms with Crippen molar-refractivity contribution in [3.63, 3.8) is 0 Å². The summed E-state index contributed by atoms with van der Waals surface area (Å²) in [5.41, 5.74) is 1.83. The van der Waals surface area contributed by atoms with E-state index >= 15 is 0 Å². The summed E-state index contributed by atoms with van der Waals surface area (Å²) in [6.07, 6.45) is 2.96. The van der Waals surface area contributed by atoms with Crippen molar-refractivity contribution in [1.29, 1.82) is 0 Å². The largest absolute Gasteiger partial charge is 0.367 e. The minimum absolute atomic E-state index is 0.0575. The van der Waals surface area contributed by atoms with Gasteiger partial charge >= 0.3 is 6.09 Å². The topological polar surface area (TPSA) is 46.0 Å². The molecular weight excluding hydrogens is 233 g/mol.